The van der Waals surface area contributed by atoms with Crippen LogP contribution >= 0.6 is 23.2 Å². The van der Waals surface area contributed by atoms with Crippen LogP contribution in [0, 0.1) is 0 Å². The zero-order valence-electron chi connectivity index (χ0n) is 19.4. The number of pyridine rings is 1. The first-order chi connectivity index (χ1) is 17.3. The van der Waals surface area contributed by atoms with Crippen molar-refractivity contribution < 1.29 is 14.4 Å². The number of piperazine rings is 1. The summed E-state index contributed by atoms with van der Waals surface area (Å²) in [4.78, 5) is 57.2. The monoisotopic (exact) mass is 526 g/mol. The summed E-state index contributed by atoms with van der Waals surface area (Å²) in [5, 5.41) is 1.57. The third kappa shape index (κ3) is 4.58. The number of hydrogen-bond acceptors (Lipinski definition) is 5. The summed E-state index contributed by atoms with van der Waals surface area (Å²) in [7, 11) is 0. The number of Topliss-reactive ketones (excluding diaryl/α,β-unsaturated/α-hetero) is 1. The van der Waals surface area contributed by atoms with E-state index in [9.17, 15) is 19.2 Å². The van der Waals surface area contributed by atoms with E-state index >= 15 is 0 Å². The van der Waals surface area contributed by atoms with Crippen molar-refractivity contribution in [1.29, 1.82) is 0 Å². The number of nitrogens with zero attached hydrogens (tertiary/aromatic N) is 4. The van der Waals surface area contributed by atoms with Crippen LogP contribution in [-0.4, -0.2) is 70.9 Å². The Labute approximate surface area is 217 Å². The highest BCUT2D eigenvalue weighted by molar-refractivity contribution is 6.42. The molecule has 3 heterocycles. The Hall–Kier alpha value is -3.36. The van der Waals surface area contributed by atoms with Crippen molar-refractivity contribution in [2.45, 2.75) is 18.9 Å². The number of ketones is 1. The van der Waals surface area contributed by atoms with Crippen LogP contribution in [0.3, 0.4) is 0 Å². The molecule has 0 aliphatic carbocycles. The first-order valence-corrected chi connectivity index (χ1v) is 12.5. The summed E-state index contributed by atoms with van der Waals surface area (Å²) in [5.74, 6) is -0.121. The third-order valence-electron chi connectivity index (χ3n) is 6.81. The van der Waals surface area contributed by atoms with Crippen molar-refractivity contribution in [2.24, 2.45) is 0 Å². The van der Waals surface area contributed by atoms with Crippen LogP contribution in [0.4, 0.5) is 10.5 Å². The Balaban J connectivity index is 1.51. The van der Waals surface area contributed by atoms with Gasteiger partial charge in [0.2, 0.25) is 5.91 Å². The van der Waals surface area contributed by atoms with Gasteiger partial charge in [-0.3, -0.25) is 14.4 Å². The number of fused-ring (bicyclic) bond motifs is 1. The maximum atomic E-state index is 13.8. The van der Waals surface area contributed by atoms with Gasteiger partial charge in [-0.25, -0.2) is 9.36 Å². The lowest BCUT2D eigenvalue weighted by molar-refractivity contribution is -0.138. The van der Waals surface area contributed by atoms with Gasteiger partial charge in [0.15, 0.2) is 0 Å². The maximum Gasteiger partial charge on any atom is 0.332 e. The lowest BCUT2D eigenvalue weighted by Gasteiger charge is -2.43. The van der Waals surface area contributed by atoms with Gasteiger partial charge < -0.3 is 14.7 Å². The second-order valence-electron chi connectivity index (χ2n) is 8.97. The quantitative estimate of drug-likeness (QED) is 0.508. The van der Waals surface area contributed by atoms with Crippen molar-refractivity contribution in [3.8, 4) is 0 Å². The molecule has 2 amide bonds. The molecule has 2 aliphatic heterocycles. The molecule has 186 valence electrons. The predicted octanol–water partition coefficient (Wildman–Crippen LogP) is 3.66. The van der Waals surface area contributed by atoms with Crippen molar-refractivity contribution in [2.75, 3.05) is 37.6 Å². The van der Waals surface area contributed by atoms with Gasteiger partial charge in [-0.2, -0.15) is 0 Å². The van der Waals surface area contributed by atoms with Gasteiger partial charge in [0, 0.05) is 57.3 Å². The van der Waals surface area contributed by atoms with E-state index < -0.39 is 17.6 Å². The van der Waals surface area contributed by atoms with Crippen LogP contribution in [0.5, 0.6) is 0 Å². The zero-order chi connectivity index (χ0) is 25.4. The Morgan fingerprint density at radius 2 is 1.58 bits per heavy atom. The Bertz CT molecular complexity index is 1410. The zero-order valence-corrected chi connectivity index (χ0v) is 20.9. The summed E-state index contributed by atoms with van der Waals surface area (Å²) in [6.45, 7) is 1.50. The molecule has 2 fully saturated rings. The van der Waals surface area contributed by atoms with E-state index in [0.717, 1.165) is 15.6 Å². The van der Waals surface area contributed by atoms with Crippen molar-refractivity contribution in [3.63, 3.8) is 0 Å². The second-order valence-corrected chi connectivity index (χ2v) is 9.78. The Kier molecular flexibility index (Phi) is 6.73. The van der Waals surface area contributed by atoms with Crippen molar-refractivity contribution in [3.05, 3.63) is 75.0 Å². The molecule has 0 saturated carbocycles. The minimum absolute atomic E-state index is 0.121. The summed E-state index contributed by atoms with van der Waals surface area (Å²) < 4.78 is 1.13. The molecule has 2 aliphatic rings. The highest BCUT2D eigenvalue weighted by atomic mass is 35.5. The number of likely N-dealkylation sites (tertiary alicyclic amines) is 1. The van der Waals surface area contributed by atoms with E-state index in [4.69, 9.17) is 23.2 Å². The van der Waals surface area contributed by atoms with Crippen molar-refractivity contribution in [1.82, 2.24) is 14.4 Å². The fourth-order valence-electron chi connectivity index (χ4n) is 4.84. The number of benzene rings is 2. The first-order valence-electron chi connectivity index (χ1n) is 11.8. The molecular formula is C26H24Cl2N4O4. The van der Waals surface area contributed by atoms with E-state index in [1.165, 1.54) is 11.0 Å². The number of carbonyl (C=O) groups is 3. The smallest absolute Gasteiger partial charge is 0.332 e. The number of anilines is 1. The summed E-state index contributed by atoms with van der Waals surface area (Å²) >= 11 is 12.3. The van der Waals surface area contributed by atoms with Crippen LogP contribution in [0.1, 0.15) is 12.8 Å². The average Bonchev–Trinajstić information content (AvgIpc) is 2.89. The Morgan fingerprint density at radius 1 is 0.833 bits per heavy atom. The molecule has 2 aromatic carbocycles. The molecule has 5 rings (SSSR count). The summed E-state index contributed by atoms with van der Waals surface area (Å²) in [5.41, 5.74) is 0.808. The van der Waals surface area contributed by atoms with Crippen LogP contribution in [0.15, 0.2) is 59.4 Å². The van der Waals surface area contributed by atoms with Crippen LogP contribution < -0.4 is 10.5 Å². The van der Waals surface area contributed by atoms with Gasteiger partial charge in [0.1, 0.15) is 11.8 Å². The van der Waals surface area contributed by atoms with Crippen LogP contribution in [0.2, 0.25) is 10.0 Å². The molecule has 3 aromatic rings. The van der Waals surface area contributed by atoms with E-state index in [1.54, 1.807) is 35.2 Å². The number of halogens is 2. The third-order valence-corrected chi connectivity index (χ3v) is 7.55. The van der Waals surface area contributed by atoms with Gasteiger partial charge in [-0.05, 0) is 35.7 Å². The molecule has 2 saturated heterocycles. The standard InChI is InChI=1S/C26H24Cl2N4O4/c27-20-7-6-18(15-21(20)28)30-13-14-31(23(16-30)25(35)29-11-9-19(33)10-12-29)26(36)32-22-4-2-1-3-17(22)5-8-24(32)34/h1-8,15,23H,9-14,16H2. The molecule has 1 atom stereocenters. The molecule has 0 radical (unpaired) electrons. The summed E-state index contributed by atoms with van der Waals surface area (Å²) in [6.07, 6.45) is 0.595. The van der Waals surface area contributed by atoms with Gasteiger partial charge in [-0.1, -0.05) is 41.4 Å². The van der Waals surface area contributed by atoms with E-state index in [0.29, 0.717) is 48.0 Å². The van der Waals surface area contributed by atoms with Crippen LogP contribution in [0.25, 0.3) is 10.9 Å². The normalized spacial score (nSPS) is 18.6. The van der Waals surface area contributed by atoms with Gasteiger partial charge >= 0.3 is 6.03 Å². The number of piperidine rings is 1. The second kappa shape index (κ2) is 9.95. The lowest BCUT2D eigenvalue weighted by Crippen LogP contribution is -2.63. The molecule has 8 nitrogen and oxygen atoms in total. The number of rotatable bonds is 2. The highest BCUT2D eigenvalue weighted by Crippen LogP contribution is 2.29. The lowest BCUT2D eigenvalue weighted by atomic mass is 10.1. The molecular weight excluding hydrogens is 503 g/mol. The largest absolute Gasteiger partial charge is 0.367 e. The SMILES string of the molecule is O=C1CCN(C(=O)C2CN(c3ccc(Cl)c(Cl)c3)CCN2C(=O)n2c(=O)ccc3ccccc32)CC1. The average molecular weight is 527 g/mol. The number of para-hydroxylation sites is 1. The van der Waals surface area contributed by atoms with E-state index in [2.05, 4.69) is 0 Å². The van der Waals surface area contributed by atoms with Crippen LogP contribution in [-0.2, 0) is 9.59 Å². The van der Waals surface area contributed by atoms with E-state index in [1.807, 2.05) is 23.1 Å². The van der Waals surface area contributed by atoms with Crippen molar-refractivity contribution >= 4 is 57.5 Å². The minimum atomic E-state index is -0.847. The molecule has 0 bridgehead atoms. The topological polar surface area (TPSA) is 82.9 Å². The van der Waals surface area contributed by atoms with E-state index in [-0.39, 0.29) is 24.8 Å². The number of carbonyl (C=O) groups excluding carboxylic acids is 3. The predicted molar refractivity (Wildman–Crippen MR) is 139 cm³/mol. The minimum Gasteiger partial charge on any atom is -0.367 e. The molecule has 10 heteroatoms. The number of hydrogen-bond donors (Lipinski definition) is 0. The Morgan fingerprint density at radius 3 is 2.33 bits per heavy atom. The molecule has 36 heavy (non-hydrogen) atoms. The fraction of sp³-hybridized carbons (Fsp3) is 0.308. The van der Waals surface area contributed by atoms with Gasteiger partial charge in [0.25, 0.3) is 5.56 Å². The number of amides is 2. The molecule has 0 N–H and O–H groups in total. The first kappa shape index (κ1) is 24.3. The van der Waals surface area contributed by atoms with Gasteiger partial charge in [0.05, 0.1) is 15.6 Å². The molecule has 1 unspecified atom stereocenters. The van der Waals surface area contributed by atoms with Gasteiger partial charge in [-0.15, -0.1) is 0 Å². The fourth-order valence-corrected chi connectivity index (χ4v) is 5.13. The molecule has 1 aromatic heterocycles. The number of aromatic nitrogens is 1. The molecule has 0 spiro atoms. The summed E-state index contributed by atoms with van der Waals surface area (Å²) in [6, 6.07) is 14.0. The highest BCUT2D eigenvalue weighted by Gasteiger charge is 2.39. The maximum absolute atomic E-state index is 13.8.